The highest BCUT2D eigenvalue weighted by Crippen LogP contribution is 2.16. The van der Waals surface area contributed by atoms with E-state index >= 15 is 0 Å². The van der Waals surface area contributed by atoms with Crippen LogP contribution in [0.15, 0.2) is 12.2 Å². The molecule has 0 radical (unpaired) electrons. The van der Waals surface area contributed by atoms with Gasteiger partial charge in [-0.2, -0.15) is 0 Å². The molecule has 1 atom stereocenters. The van der Waals surface area contributed by atoms with Crippen LogP contribution in [0.4, 0.5) is 0 Å². The van der Waals surface area contributed by atoms with Crippen LogP contribution in [0.5, 0.6) is 0 Å². The zero-order valence-corrected chi connectivity index (χ0v) is 8.04. The molecule has 3 heteroatoms. The predicted octanol–water partition coefficient (Wildman–Crippen LogP) is 1.18. The molecule has 0 bridgehead atoms. The number of hydrogen-bond acceptors (Lipinski definition) is 3. The molecule has 0 aromatic heterocycles. The summed E-state index contributed by atoms with van der Waals surface area (Å²) in [6.45, 7) is 5.76. The molecule has 0 aliphatic carbocycles. The van der Waals surface area contributed by atoms with Gasteiger partial charge in [0.1, 0.15) is 0 Å². The Hall–Kier alpha value is -0.380. The molecule has 3 nitrogen and oxygen atoms in total. The molecule has 0 spiro atoms. The Kier molecular flexibility index (Phi) is 5.98. The van der Waals surface area contributed by atoms with E-state index in [0.717, 1.165) is 5.57 Å². The average molecular weight is 174 g/mol. The lowest BCUT2D eigenvalue weighted by molar-refractivity contribution is -0.114. The first-order chi connectivity index (χ1) is 5.65. The standard InChI is InChI=1S/C9H18O3/c1-7(2)8(6-10)5-9(11-3)12-4/h8-10H,1,5-6H2,2-4H3/t8-/m0/s1. The van der Waals surface area contributed by atoms with Crippen molar-refractivity contribution >= 4 is 0 Å². The maximum atomic E-state index is 8.96. The van der Waals surface area contributed by atoms with Gasteiger partial charge in [-0.3, -0.25) is 0 Å². The van der Waals surface area contributed by atoms with Gasteiger partial charge in [-0.05, 0) is 6.92 Å². The molecule has 0 aromatic rings. The van der Waals surface area contributed by atoms with Crippen LogP contribution in [-0.2, 0) is 9.47 Å². The van der Waals surface area contributed by atoms with Crippen LogP contribution in [-0.4, -0.2) is 32.2 Å². The van der Waals surface area contributed by atoms with Crippen LogP contribution in [0.3, 0.4) is 0 Å². The first-order valence-corrected chi connectivity index (χ1v) is 3.97. The van der Waals surface area contributed by atoms with Gasteiger partial charge in [0.25, 0.3) is 0 Å². The van der Waals surface area contributed by atoms with Gasteiger partial charge >= 0.3 is 0 Å². The number of aliphatic hydroxyl groups is 1. The highest BCUT2D eigenvalue weighted by atomic mass is 16.7. The first-order valence-electron chi connectivity index (χ1n) is 3.97. The van der Waals surface area contributed by atoms with Gasteiger partial charge in [-0.15, -0.1) is 0 Å². The van der Waals surface area contributed by atoms with Crippen LogP contribution in [0.2, 0.25) is 0 Å². The number of aliphatic hydroxyl groups excluding tert-OH is 1. The molecular weight excluding hydrogens is 156 g/mol. The Balaban J connectivity index is 3.91. The Morgan fingerprint density at radius 2 is 1.92 bits per heavy atom. The van der Waals surface area contributed by atoms with E-state index in [-0.39, 0.29) is 18.8 Å². The van der Waals surface area contributed by atoms with E-state index in [2.05, 4.69) is 6.58 Å². The Morgan fingerprint density at radius 1 is 1.42 bits per heavy atom. The SMILES string of the molecule is C=C(C)[C@H](CO)CC(OC)OC. The molecule has 0 saturated carbocycles. The molecule has 0 amide bonds. The van der Waals surface area contributed by atoms with Crippen LogP contribution in [0.25, 0.3) is 0 Å². The van der Waals surface area contributed by atoms with Crippen molar-refractivity contribution in [3.05, 3.63) is 12.2 Å². The maximum Gasteiger partial charge on any atom is 0.157 e. The second-order valence-electron chi connectivity index (χ2n) is 2.86. The number of ether oxygens (including phenoxy) is 2. The van der Waals surface area contributed by atoms with E-state index < -0.39 is 0 Å². The van der Waals surface area contributed by atoms with Crippen molar-refractivity contribution in [2.24, 2.45) is 5.92 Å². The van der Waals surface area contributed by atoms with Crippen molar-refractivity contribution in [2.45, 2.75) is 19.6 Å². The molecule has 0 unspecified atom stereocenters. The summed E-state index contributed by atoms with van der Waals surface area (Å²) >= 11 is 0. The zero-order valence-electron chi connectivity index (χ0n) is 8.04. The van der Waals surface area contributed by atoms with E-state index in [1.54, 1.807) is 14.2 Å². The number of hydrogen-bond donors (Lipinski definition) is 1. The van der Waals surface area contributed by atoms with Crippen molar-refractivity contribution in [3.8, 4) is 0 Å². The van der Waals surface area contributed by atoms with E-state index in [1.165, 1.54) is 0 Å². The van der Waals surface area contributed by atoms with Gasteiger partial charge in [-0.25, -0.2) is 0 Å². The summed E-state index contributed by atoms with van der Waals surface area (Å²) in [5.41, 5.74) is 0.955. The summed E-state index contributed by atoms with van der Waals surface area (Å²) in [5, 5.41) is 8.96. The minimum atomic E-state index is -0.251. The molecule has 0 aliphatic heterocycles. The molecule has 1 N–H and O–H groups in total. The molecule has 0 aromatic carbocycles. The molecule has 72 valence electrons. The lowest BCUT2D eigenvalue weighted by Gasteiger charge is -2.19. The highest BCUT2D eigenvalue weighted by molar-refractivity contribution is 4.96. The smallest absolute Gasteiger partial charge is 0.157 e. The van der Waals surface area contributed by atoms with Crippen molar-refractivity contribution < 1.29 is 14.6 Å². The molecule has 0 saturated heterocycles. The molecule has 0 aliphatic rings. The van der Waals surface area contributed by atoms with Crippen molar-refractivity contribution in [1.82, 2.24) is 0 Å². The highest BCUT2D eigenvalue weighted by Gasteiger charge is 2.15. The van der Waals surface area contributed by atoms with E-state index in [0.29, 0.717) is 6.42 Å². The lowest BCUT2D eigenvalue weighted by atomic mass is 9.99. The third-order valence-corrected chi connectivity index (χ3v) is 1.92. The Labute approximate surface area is 74.0 Å². The minimum absolute atomic E-state index is 0.0647. The molecule has 0 heterocycles. The summed E-state index contributed by atoms with van der Waals surface area (Å²) in [7, 11) is 3.17. The van der Waals surface area contributed by atoms with Gasteiger partial charge in [0.2, 0.25) is 0 Å². The monoisotopic (exact) mass is 174 g/mol. The van der Waals surface area contributed by atoms with Gasteiger partial charge in [0, 0.05) is 33.2 Å². The first kappa shape index (κ1) is 11.6. The summed E-state index contributed by atoms with van der Waals surface area (Å²) in [5.74, 6) is 0.0647. The Bertz CT molecular complexity index is 130. The topological polar surface area (TPSA) is 38.7 Å². The van der Waals surface area contributed by atoms with Crippen molar-refractivity contribution in [2.75, 3.05) is 20.8 Å². The fourth-order valence-electron chi connectivity index (χ4n) is 0.953. The van der Waals surface area contributed by atoms with Gasteiger partial charge in [0.15, 0.2) is 6.29 Å². The fraction of sp³-hybridized carbons (Fsp3) is 0.778. The number of rotatable bonds is 6. The van der Waals surface area contributed by atoms with E-state index in [4.69, 9.17) is 14.6 Å². The molecular formula is C9H18O3. The fourth-order valence-corrected chi connectivity index (χ4v) is 0.953. The van der Waals surface area contributed by atoms with Crippen LogP contribution >= 0.6 is 0 Å². The van der Waals surface area contributed by atoms with Crippen molar-refractivity contribution in [3.63, 3.8) is 0 Å². The minimum Gasteiger partial charge on any atom is -0.396 e. The largest absolute Gasteiger partial charge is 0.396 e. The third kappa shape index (κ3) is 3.85. The lowest BCUT2D eigenvalue weighted by Crippen LogP contribution is -2.20. The van der Waals surface area contributed by atoms with Gasteiger partial charge in [0.05, 0.1) is 0 Å². The summed E-state index contributed by atoms with van der Waals surface area (Å²) in [6.07, 6.45) is 0.401. The van der Waals surface area contributed by atoms with Gasteiger partial charge < -0.3 is 14.6 Å². The van der Waals surface area contributed by atoms with Crippen molar-refractivity contribution in [1.29, 1.82) is 0 Å². The number of methoxy groups -OCH3 is 2. The van der Waals surface area contributed by atoms with Crippen LogP contribution in [0.1, 0.15) is 13.3 Å². The second-order valence-corrected chi connectivity index (χ2v) is 2.86. The normalized spacial score (nSPS) is 13.4. The van der Waals surface area contributed by atoms with Crippen LogP contribution in [0, 0.1) is 5.92 Å². The summed E-state index contributed by atoms with van der Waals surface area (Å²) in [6, 6.07) is 0. The van der Waals surface area contributed by atoms with E-state index in [9.17, 15) is 0 Å². The molecule has 12 heavy (non-hydrogen) atoms. The molecule has 0 fully saturated rings. The average Bonchev–Trinajstić information content (AvgIpc) is 2.06. The Morgan fingerprint density at radius 3 is 2.17 bits per heavy atom. The maximum absolute atomic E-state index is 8.96. The zero-order chi connectivity index (χ0) is 9.56. The molecule has 0 rings (SSSR count). The third-order valence-electron chi connectivity index (χ3n) is 1.92. The van der Waals surface area contributed by atoms with Crippen LogP contribution < -0.4 is 0 Å². The van der Waals surface area contributed by atoms with Gasteiger partial charge in [-0.1, -0.05) is 12.2 Å². The predicted molar refractivity (Wildman–Crippen MR) is 47.8 cm³/mol. The quantitative estimate of drug-likeness (QED) is 0.485. The second kappa shape index (κ2) is 6.17. The summed E-state index contributed by atoms with van der Waals surface area (Å²) in [4.78, 5) is 0. The van der Waals surface area contributed by atoms with E-state index in [1.807, 2.05) is 6.92 Å². The summed E-state index contributed by atoms with van der Waals surface area (Å²) < 4.78 is 10.0.